The van der Waals surface area contributed by atoms with E-state index in [0.29, 0.717) is 26.1 Å². The Bertz CT molecular complexity index is 929. The predicted octanol–water partition coefficient (Wildman–Crippen LogP) is 2.70. The molecule has 7 heteroatoms. The van der Waals surface area contributed by atoms with Crippen molar-refractivity contribution in [1.82, 2.24) is 29.2 Å². The van der Waals surface area contributed by atoms with E-state index in [1.807, 2.05) is 41.4 Å². The first kappa shape index (κ1) is 17.5. The molecule has 0 bridgehead atoms. The molecule has 27 heavy (non-hydrogen) atoms. The molecule has 2 aromatic heterocycles. The van der Waals surface area contributed by atoms with Crippen molar-refractivity contribution in [3.63, 3.8) is 0 Å². The summed E-state index contributed by atoms with van der Waals surface area (Å²) in [6.07, 6.45) is 5.07. The molecule has 1 amide bonds. The van der Waals surface area contributed by atoms with Crippen LogP contribution < -0.4 is 0 Å². The van der Waals surface area contributed by atoms with Gasteiger partial charge in [0.05, 0.1) is 12.6 Å². The van der Waals surface area contributed by atoms with Gasteiger partial charge in [0.2, 0.25) is 5.91 Å². The van der Waals surface area contributed by atoms with Gasteiger partial charge in [-0.05, 0) is 6.92 Å². The summed E-state index contributed by atoms with van der Waals surface area (Å²) in [5.74, 6) is 2.88. The summed E-state index contributed by atoms with van der Waals surface area (Å²) in [6.45, 7) is 6.03. The van der Waals surface area contributed by atoms with Crippen LogP contribution in [0.25, 0.3) is 11.4 Å². The Balaban J connectivity index is 1.47. The fourth-order valence-corrected chi connectivity index (χ4v) is 3.74. The Labute approximate surface area is 158 Å². The summed E-state index contributed by atoms with van der Waals surface area (Å²) in [5, 5.41) is 8.74. The minimum absolute atomic E-state index is 0.141. The van der Waals surface area contributed by atoms with Crippen LogP contribution in [0.1, 0.15) is 38.0 Å². The van der Waals surface area contributed by atoms with E-state index >= 15 is 0 Å². The van der Waals surface area contributed by atoms with Crippen molar-refractivity contribution in [2.45, 2.75) is 45.8 Å². The van der Waals surface area contributed by atoms with E-state index in [1.54, 1.807) is 6.20 Å². The lowest BCUT2D eigenvalue weighted by molar-refractivity contribution is -0.133. The molecule has 0 aliphatic carbocycles. The number of carbonyl (C=O) groups is 1. The van der Waals surface area contributed by atoms with Crippen LogP contribution in [0.2, 0.25) is 0 Å². The van der Waals surface area contributed by atoms with Crippen LogP contribution in [0.15, 0.2) is 42.7 Å². The molecule has 1 aliphatic heterocycles. The molecule has 1 aromatic carbocycles. The standard InChI is InChI=1S/C20H24N6O/c1-3-17-21-10-12-24(17)11-9-19(27)25-13-15(2)26-18(14-25)22-23-20(26)16-7-5-4-6-8-16/h4-8,10,12,15H,3,9,11,13-14H2,1-2H3/t15-/m0/s1. The summed E-state index contributed by atoms with van der Waals surface area (Å²) in [4.78, 5) is 19.0. The molecular weight excluding hydrogens is 340 g/mol. The van der Waals surface area contributed by atoms with Gasteiger partial charge < -0.3 is 14.0 Å². The van der Waals surface area contributed by atoms with E-state index in [2.05, 4.69) is 38.2 Å². The molecule has 3 heterocycles. The first-order valence-corrected chi connectivity index (χ1v) is 9.44. The van der Waals surface area contributed by atoms with Crippen LogP contribution in [-0.4, -0.2) is 41.7 Å². The van der Waals surface area contributed by atoms with Gasteiger partial charge in [-0.3, -0.25) is 4.79 Å². The molecule has 4 rings (SSSR count). The second kappa shape index (κ2) is 7.34. The van der Waals surface area contributed by atoms with Crippen LogP contribution in [0.4, 0.5) is 0 Å². The van der Waals surface area contributed by atoms with Gasteiger partial charge in [0, 0.05) is 43.9 Å². The molecule has 0 saturated carbocycles. The summed E-state index contributed by atoms with van der Waals surface area (Å²) in [7, 11) is 0. The number of hydrogen-bond acceptors (Lipinski definition) is 4. The molecular formula is C20H24N6O. The number of aromatic nitrogens is 5. The van der Waals surface area contributed by atoms with Crippen molar-refractivity contribution in [1.29, 1.82) is 0 Å². The summed E-state index contributed by atoms with van der Waals surface area (Å²) < 4.78 is 4.21. The van der Waals surface area contributed by atoms with E-state index in [4.69, 9.17) is 0 Å². The Morgan fingerprint density at radius 1 is 1.22 bits per heavy atom. The lowest BCUT2D eigenvalue weighted by Crippen LogP contribution is -2.40. The van der Waals surface area contributed by atoms with Crippen molar-refractivity contribution in [2.75, 3.05) is 6.54 Å². The van der Waals surface area contributed by atoms with E-state index < -0.39 is 0 Å². The Kier molecular flexibility index (Phi) is 4.75. The minimum Gasteiger partial charge on any atom is -0.334 e. The molecule has 0 spiro atoms. The summed E-state index contributed by atoms with van der Waals surface area (Å²) in [6, 6.07) is 10.2. The number of carbonyl (C=O) groups excluding carboxylic acids is 1. The van der Waals surface area contributed by atoms with Gasteiger partial charge in [-0.2, -0.15) is 0 Å². The maximum atomic E-state index is 12.8. The van der Waals surface area contributed by atoms with Crippen LogP contribution in [0, 0.1) is 0 Å². The highest BCUT2D eigenvalue weighted by atomic mass is 16.2. The van der Waals surface area contributed by atoms with Crippen LogP contribution >= 0.6 is 0 Å². The average Bonchev–Trinajstić information content (AvgIpc) is 3.33. The molecule has 0 fully saturated rings. The van der Waals surface area contributed by atoms with E-state index in [0.717, 1.165) is 29.5 Å². The topological polar surface area (TPSA) is 68.8 Å². The maximum absolute atomic E-state index is 12.8. The van der Waals surface area contributed by atoms with Crippen molar-refractivity contribution in [3.8, 4) is 11.4 Å². The molecule has 1 aliphatic rings. The molecule has 0 radical (unpaired) electrons. The molecule has 0 unspecified atom stereocenters. The molecule has 3 aromatic rings. The molecule has 7 nitrogen and oxygen atoms in total. The highest BCUT2D eigenvalue weighted by Gasteiger charge is 2.29. The zero-order valence-corrected chi connectivity index (χ0v) is 15.7. The molecule has 1 atom stereocenters. The first-order valence-electron chi connectivity index (χ1n) is 9.44. The number of aryl methyl sites for hydroxylation is 2. The van der Waals surface area contributed by atoms with E-state index in [1.165, 1.54) is 0 Å². The average molecular weight is 364 g/mol. The van der Waals surface area contributed by atoms with Crippen LogP contribution in [-0.2, 0) is 24.3 Å². The Morgan fingerprint density at radius 2 is 2.04 bits per heavy atom. The van der Waals surface area contributed by atoms with Crippen molar-refractivity contribution < 1.29 is 4.79 Å². The Morgan fingerprint density at radius 3 is 2.81 bits per heavy atom. The quantitative estimate of drug-likeness (QED) is 0.698. The maximum Gasteiger partial charge on any atom is 0.224 e. The van der Waals surface area contributed by atoms with Gasteiger partial charge in [0.25, 0.3) is 0 Å². The lowest BCUT2D eigenvalue weighted by atomic mass is 10.1. The largest absolute Gasteiger partial charge is 0.334 e. The zero-order valence-electron chi connectivity index (χ0n) is 15.7. The van der Waals surface area contributed by atoms with E-state index in [9.17, 15) is 4.79 Å². The van der Waals surface area contributed by atoms with Crippen molar-refractivity contribution in [3.05, 3.63) is 54.4 Å². The smallest absolute Gasteiger partial charge is 0.224 e. The second-order valence-corrected chi connectivity index (χ2v) is 6.94. The zero-order chi connectivity index (χ0) is 18.8. The second-order valence-electron chi connectivity index (χ2n) is 6.94. The highest BCUT2D eigenvalue weighted by Crippen LogP contribution is 2.27. The molecule has 0 saturated heterocycles. The predicted molar refractivity (Wildman–Crippen MR) is 102 cm³/mol. The number of nitrogens with zero attached hydrogens (tertiary/aromatic N) is 6. The first-order chi connectivity index (χ1) is 13.2. The van der Waals surface area contributed by atoms with Gasteiger partial charge in [-0.1, -0.05) is 37.3 Å². The highest BCUT2D eigenvalue weighted by molar-refractivity contribution is 5.76. The normalized spacial score (nSPS) is 16.4. The van der Waals surface area contributed by atoms with Crippen molar-refractivity contribution >= 4 is 5.91 Å². The third-order valence-corrected chi connectivity index (χ3v) is 5.09. The number of hydrogen-bond donors (Lipinski definition) is 0. The number of imidazole rings is 1. The summed E-state index contributed by atoms with van der Waals surface area (Å²) in [5.41, 5.74) is 1.05. The molecule has 140 valence electrons. The SMILES string of the molecule is CCc1nccn1CCC(=O)N1Cc2nnc(-c3ccccc3)n2[C@@H](C)C1. The van der Waals surface area contributed by atoms with Gasteiger partial charge in [0.1, 0.15) is 5.82 Å². The monoisotopic (exact) mass is 364 g/mol. The number of fused-ring (bicyclic) bond motifs is 1. The van der Waals surface area contributed by atoms with Crippen LogP contribution in [0.5, 0.6) is 0 Å². The number of rotatable bonds is 5. The minimum atomic E-state index is 0.141. The van der Waals surface area contributed by atoms with Gasteiger partial charge >= 0.3 is 0 Å². The third-order valence-electron chi connectivity index (χ3n) is 5.09. The molecule has 0 N–H and O–H groups in total. The number of benzene rings is 1. The van der Waals surface area contributed by atoms with Gasteiger partial charge in [0.15, 0.2) is 11.6 Å². The fourth-order valence-electron chi connectivity index (χ4n) is 3.74. The van der Waals surface area contributed by atoms with Gasteiger partial charge in [-0.25, -0.2) is 4.98 Å². The fraction of sp³-hybridized carbons (Fsp3) is 0.400. The van der Waals surface area contributed by atoms with Crippen LogP contribution in [0.3, 0.4) is 0 Å². The summed E-state index contributed by atoms with van der Waals surface area (Å²) >= 11 is 0. The van der Waals surface area contributed by atoms with Crippen molar-refractivity contribution in [2.24, 2.45) is 0 Å². The van der Waals surface area contributed by atoms with Gasteiger partial charge in [-0.15, -0.1) is 10.2 Å². The lowest BCUT2D eigenvalue weighted by Gasteiger charge is -2.32. The third kappa shape index (κ3) is 3.37. The number of amides is 1. The van der Waals surface area contributed by atoms with E-state index in [-0.39, 0.29) is 11.9 Å². The Hall–Kier alpha value is -2.96.